The maximum Gasteiger partial charge on any atom is 0.335 e. The molecule has 0 radical (unpaired) electrons. The number of aromatic carboxylic acids is 1. The van der Waals surface area contributed by atoms with Crippen molar-refractivity contribution in [2.24, 2.45) is 0 Å². The van der Waals surface area contributed by atoms with Crippen LogP contribution in [0, 0.1) is 18.6 Å². The third-order valence-electron chi connectivity index (χ3n) is 7.65. The summed E-state index contributed by atoms with van der Waals surface area (Å²) in [6, 6.07) is 19.9. The SMILES string of the molecule is Cc1ccc(COc2cccc(-c3ccc(Cc4nc5ccc(C(=O)O)cc5n4C[C@]4(C)CCO4)c(F)c3)n2)c(F)c1. The molecular weight excluding hydrogens is 540 g/mol. The lowest BCUT2D eigenvalue weighted by atomic mass is 9.97. The van der Waals surface area contributed by atoms with Crippen molar-refractivity contribution in [3.8, 4) is 17.1 Å². The molecule has 1 N–H and O–H groups in total. The fraction of sp³-hybridized carbons (Fsp3) is 0.242. The minimum atomic E-state index is -1.02. The van der Waals surface area contributed by atoms with Gasteiger partial charge in [-0.2, -0.15) is 0 Å². The van der Waals surface area contributed by atoms with E-state index in [1.54, 1.807) is 48.5 Å². The second-order valence-electron chi connectivity index (χ2n) is 10.9. The molecule has 1 fully saturated rings. The Balaban J connectivity index is 1.25. The van der Waals surface area contributed by atoms with Crippen LogP contribution in [-0.4, -0.2) is 37.8 Å². The number of hydrogen-bond acceptors (Lipinski definition) is 5. The average molecular weight is 570 g/mol. The van der Waals surface area contributed by atoms with E-state index in [1.807, 2.05) is 24.5 Å². The molecule has 0 bridgehead atoms. The van der Waals surface area contributed by atoms with E-state index in [0.717, 1.165) is 12.0 Å². The van der Waals surface area contributed by atoms with Gasteiger partial charge in [-0.25, -0.2) is 23.5 Å². The third-order valence-corrected chi connectivity index (χ3v) is 7.65. The van der Waals surface area contributed by atoms with Crippen LogP contribution in [0.25, 0.3) is 22.3 Å². The number of imidazole rings is 1. The van der Waals surface area contributed by atoms with Gasteiger partial charge in [0.05, 0.1) is 41.0 Å². The van der Waals surface area contributed by atoms with Gasteiger partial charge < -0.3 is 19.1 Å². The number of aryl methyl sites for hydroxylation is 1. The summed E-state index contributed by atoms with van der Waals surface area (Å²) in [5, 5.41) is 9.51. The molecule has 3 heterocycles. The van der Waals surface area contributed by atoms with E-state index in [2.05, 4.69) is 4.98 Å². The Morgan fingerprint density at radius 2 is 1.81 bits per heavy atom. The summed E-state index contributed by atoms with van der Waals surface area (Å²) < 4.78 is 43.2. The van der Waals surface area contributed by atoms with Gasteiger partial charge in [0.1, 0.15) is 24.1 Å². The Morgan fingerprint density at radius 1 is 1.02 bits per heavy atom. The molecule has 1 aliphatic heterocycles. The van der Waals surface area contributed by atoms with E-state index in [0.29, 0.717) is 58.3 Å². The van der Waals surface area contributed by atoms with Crippen LogP contribution in [0.5, 0.6) is 5.88 Å². The van der Waals surface area contributed by atoms with Crippen molar-refractivity contribution >= 4 is 17.0 Å². The monoisotopic (exact) mass is 569 g/mol. The molecule has 0 saturated carbocycles. The molecule has 214 valence electrons. The number of fused-ring (bicyclic) bond motifs is 1. The first-order valence-corrected chi connectivity index (χ1v) is 13.7. The van der Waals surface area contributed by atoms with Crippen LogP contribution in [0.4, 0.5) is 8.78 Å². The number of benzene rings is 3. The fourth-order valence-electron chi connectivity index (χ4n) is 5.12. The molecule has 0 aliphatic carbocycles. The largest absolute Gasteiger partial charge is 0.478 e. The molecule has 2 aromatic heterocycles. The zero-order valence-electron chi connectivity index (χ0n) is 23.2. The van der Waals surface area contributed by atoms with Gasteiger partial charge in [0.25, 0.3) is 0 Å². The van der Waals surface area contributed by atoms with Crippen molar-refractivity contribution < 1.29 is 28.2 Å². The number of carboxylic acids is 1. The summed E-state index contributed by atoms with van der Waals surface area (Å²) in [5.41, 5.74) is 3.85. The van der Waals surface area contributed by atoms with Gasteiger partial charge in [-0.1, -0.05) is 30.3 Å². The highest BCUT2D eigenvalue weighted by molar-refractivity contribution is 5.92. The Hall–Kier alpha value is -4.63. The van der Waals surface area contributed by atoms with Gasteiger partial charge in [-0.15, -0.1) is 0 Å². The molecule has 1 atom stereocenters. The summed E-state index contributed by atoms with van der Waals surface area (Å²) in [5.74, 6) is -0.859. The normalized spacial score (nSPS) is 16.4. The number of hydrogen-bond donors (Lipinski definition) is 1. The van der Waals surface area contributed by atoms with Crippen molar-refractivity contribution in [3.05, 3.63) is 113 Å². The van der Waals surface area contributed by atoms with Gasteiger partial charge in [-0.05, 0) is 61.4 Å². The zero-order valence-corrected chi connectivity index (χ0v) is 23.2. The molecule has 3 aromatic carbocycles. The number of carboxylic acid groups (broad SMARTS) is 1. The van der Waals surface area contributed by atoms with Crippen LogP contribution in [0.2, 0.25) is 0 Å². The average Bonchev–Trinajstić information content (AvgIpc) is 3.28. The number of ether oxygens (including phenoxy) is 2. The smallest absolute Gasteiger partial charge is 0.335 e. The number of carbonyl (C=O) groups is 1. The number of halogens is 2. The molecule has 1 aliphatic rings. The van der Waals surface area contributed by atoms with Crippen LogP contribution in [0.15, 0.2) is 72.8 Å². The second kappa shape index (κ2) is 11.0. The van der Waals surface area contributed by atoms with E-state index in [1.165, 1.54) is 18.2 Å². The van der Waals surface area contributed by atoms with Crippen LogP contribution in [0.1, 0.15) is 46.2 Å². The molecule has 5 aromatic rings. The van der Waals surface area contributed by atoms with Crippen molar-refractivity contribution in [3.63, 3.8) is 0 Å². The molecule has 0 unspecified atom stereocenters. The van der Waals surface area contributed by atoms with E-state index in [9.17, 15) is 14.3 Å². The first-order chi connectivity index (χ1) is 20.2. The Labute approximate surface area is 241 Å². The van der Waals surface area contributed by atoms with Gasteiger partial charge in [0, 0.05) is 30.0 Å². The number of nitrogens with zero attached hydrogens (tertiary/aromatic N) is 3. The van der Waals surface area contributed by atoms with Gasteiger partial charge >= 0.3 is 5.97 Å². The Bertz CT molecular complexity index is 1810. The fourth-order valence-corrected chi connectivity index (χ4v) is 5.12. The standard InChI is InChI=1S/C33H29F2N3O4/c1-20-6-7-24(25(34)14-20)18-41-31-5-3-4-27(37-31)22-9-8-21(26(35)15-22)17-30-36-28-11-10-23(32(39)40)16-29(28)38(30)19-33(2)12-13-42-33/h3-11,14-16H,12-13,17-19H2,1-2H3,(H,39,40)/t33-/m0/s1. The summed E-state index contributed by atoms with van der Waals surface area (Å²) in [4.78, 5) is 20.8. The molecular formula is C33H29F2N3O4. The number of pyridine rings is 1. The number of rotatable bonds is 9. The van der Waals surface area contributed by atoms with Crippen molar-refractivity contribution in [1.29, 1.82) is 0 Å². The van der Waals surface area contributed by atoms with E-state index in [4.69, 9.17) is 14.5 Å². The Kier molecular flexibility index (Phi) is 7.20. The van der Waals surface area contributed by atoms with Crippen LogP contribution in [-0.2, 0) is 24.3 Å². The molecule has 42 heavy (non-hydrogen) atoms. The summed E-state index contributed by atoms with van der Waals surface area (Å²) >= 11 is 0. The van der Waals surface area contributed by atoms with Crippen LogP contribution < -0.4 is 4.74 Å². The summed E-state index contributed by atoms with van der Waals surface area (Å²) in [7, 11) is 0. The highest BCUT2D eigenvalue weighted by atomic mass is 19.1. The van der Waals surface area contributed by atoms with Gasteiger partial charge in [0.2, 0.25) is 5.88 Å². The van der Waals surface area contributed by atoms with Crippen molar-refractivity contribution in [2.75, 3.05) is 6.61 Å². The first-order valence-electron chi connectivity index (χ1n) is 13.7. The predicted molar refractivity (Wildman–Crippen MR) is 154 cm³/mol. The summed E-state index contributed by atoms with van der Waals surface area (Å²) in [6.45, 7) is 4.99. The highest BCUT2D eigenvalue weighted by Gasteiger charge is 2.35. The van der Waals surface area contributed by atoms with Crippen molar-refractivity contribution in [2.45, 2.75) is 45.4 Å². The van der Waals surface area contributed by atoms with E-state index < -0.39 is 17.4 Å². The molecule has 9 heteroatoms. The highest BCUT2D eigenvalue weighted by Crippen LogP contribution is 2.32. The van der Waals surface area contributed by atoms with E-state index >= 15 is 4.39 Å². The Morgan fingerprint density at radius 3 is 2.52 bits per heavy atom. The maximum atomic E-state index is 15.5. The third kappa shape index (κ3) is 5.60. The molecule has 0 amide bonds. The first kappa shape index (κ1) is 27.5. The van der Waals surface area contributed by atoms with Crippen LogP contribution in [0.3, 0.4) is 0 Å². The van der Waals surface area contributed by atoms with E-state index in [-0.39, 0.29) is 24.4 Å². The van der Waals surface area contributed by atoms with Gasteiger partial charge in [-0.3, -0.25) is 0 Å². The lowest BCUT2D eigenvalue weighted by Crippen LogP contribution is -2.44. The molecule has 1 saturated heterocycles. The van der Waals surface area contributed by atoms with Crippen molar-refractivity contribution in [1.82, 2.24) is 14.5 Å². The minimum absolute atomic E-state index is 0.0227. The molecule has 6 rings (SSSR count). The lowest BCUT2D eigenvalue weighted by molar-refractivity contribution is -0.142. The summed E-state index contributed by atoms with van der Waals surface area (Å²) in [6.07, 6.45) is 1.07. The van der Waals surface area contributed by atoms with Crippen LogP contribution >= 0.6 is 0 Å². The van der Waals surface area contributed by atoms with Gasteiger partial charge in [0.15, 0.2) is 0 Å². The topological polar surface area (TPSA) is 86.5 Å². The quantitative estimate of drug-likeness (QED) is 0.212. The molecule has 0 spiro atoms. The minimum Gasteiger partial charge on any atom is -0.478 e. The lowest BCUT2D eigenvalue weighted by Gasteiger charge is -2.39. The second-order valence-corrected chi connectivity index (χ2v) is 10.9. The molecule has 7 nitrogen and oxygen atoms in total. The predicted octanol–water partition coefficient (Wildman–Crippen LogP) is 6.73. The maximum absolute atomic E-state index is 15.5. The number of aromatic nitrogens is 3. The zero-order chi connectivity index (χ0) is 29.4.